The molecule has 0 saturated carbocycles. The Hall–Kier alpha value is -0.680. The summed E-state index contributed by atoms with van der Waals surface area (Å²) in [6.45, 7) is 0. The molecule has 21 heavy (non-hydrogen) atoms. The second-order valence-electron chi connectivity index (χ2n) is 4.83. The van der Waals surface area contributed by atoms with Gasteiger partial charge in [0, 0.05) is 5.41 Å². The molecule has 0 fully saturated rings. The maximum atomic E-state index is 2.29. The zero-order valence-electron chi connectivity index (χ0n) is 11.1. The van der Waals surface area contributed by atoms with E-state index in [9.17, 15) is 0 Å². The quantitative estimate of drug-likeness (QED) is 0.488. The third kappa shape index (κ3) is 2.82. The molecule has 104 valence electrons. The smallest absolute Gasteiger partial charge is 0.0559 e. The summed E-state index contributed by atoms with van der Waals surface area (Å²) in [5.41, 5.74) is 2.59. The monoisotopic (exact) mass is 344 g/mol. The summed E-state index contributed by atoms with van der Waals surface area (Å²) < 4.78 is 2.74. The van der Waals surface area contributed by atoms with E-state index in [4.69, 9.17) is 0 Å². The van der Waals surface area contributed by atoms with Crippen LogP contribution in [0.3, 0.4) is 0 Å². The van der Waals surface area contributed by atoms with E-state index in [0.29, 0.717) is 0 Å². The van der Waals surface area contributed by atoms with Gasteiger partial charge < -0.3 is 0 Å². The molecule has 0 aromatic rings. The highest BCUT2D eigenvalue weighted by Crippen LogP contribution is 2.45. The van der Waals surface area contributed by atoms with Crippen LogP contribution in [-0.4, -0.2) is 0 Å². The van der Waals surface area contributed by atoms with E-state index < -0.39 is 0 Å². The van der Waals surface area contributed by atoms with Crippen molar-refractivity contribution in [1.82, 2.24) is 0 Å². The molecule has 4 aliphatic rings. The molecule has 4 heteroatoms. The third-order valence-electron chi connectivity index (χ3n) is 3.49. The van der Waals surface area contributed by atoms with Gasteiger partial charge in [-0.2, -0.15) is 0 Å². The van der Waals surface area contributed by atoms with Crippen molar-refractivity contribution in [3.05, 3.63) is 89.9 Å². The minimum absolute atomic E-state index is 0.0448. The fourth-order valence-electron chi connectivity index (χ4n) is 2.34. The Labute approximate surface area is 142 Å². The van der Waals surface area contributed by atoms with Crippen molar-refractivity contribution >= 4 is 47.0 Å². The summed E-state index contributed by atoms with van der Waals surface area (Å²) in [6.07, 6.45) is 18.1. The van der Waals surface area contributed by atoms with Gasteiger partial charge in [-0.3, -0.25) is 0 Å². The van der Waals surface area contributed by atoms with Crippen molar-refractivity contribution < 1.29 is 0 Å². The van der Waals surface area contributed by atoms with Crippen molar-refractivity contribution in [3.8, 4) is 0 Å². The Morgan fingerprint density at radius 1 is 0.524 bits per heavy atom. The molecule has 2 aliphatic heterocycles. The zero-order valence-corrected chi connectivity index (χ0v) is 14.3. The van der Waals surface area contributed by atoms with E-state index in [1.807, 2.05) is 0 Å². The Bertz CT molecular complexity index is 594. The summed E-state index contributed by atoms with van der Waals surface area (Å²) in [4.78, 5) is 0. The van der Waals surface area contributed by atoms with Crippen LogP contribution in [0, 0.1) is 5.41 Å². The van der Waals surface area contributed by atoms with E-state index in [-0.39, 0.29) is 5.41 Å². The highest BCUT2D eigenvalue weighted by molar-refractivity contribution is 8.27. The molecule has 0 unspecified atom stereocenters. The van der Waals surface area contributed by atoms with Crippen LogP contribution in [0.15, 0.2) is 89.9 Å². The number of hydrogen-bond donors (Lipinski definition) is 0. The summed E-state index contributed by atoms with van der Waals surface area (Å²) >= 11 is 7.22. The maximum absolute atomic E-state index is 2.29. The van der Waals surface area contributed by atoms with Gasteiger partial charge in [0.15, 0.2) is 0 Å². The van der Waals surface area contributed by atoms with Gasteiger partial charge in [0.25, 0.3) is 0 Å². The molecule has 1 spiro atoms. The van der Waals surface area contributed by atoms with Gasteiger partial charge in [-0.1, -0.05) is 95.7 Å². The SMILES string of the molecule is C1=CSC(=C2C=CC3(C=C2)C=CC(=C2SC=CS2)C=C3)S1. The lowest BCUT2D eigenvalue weighted by atomic mass is 9.79. The predicted octanol–water partition coefficient (Wildman–Crippen LogP) is 6.55. The van der Waals surface area contributed by atoms with Crippen LogP contribution in [0.4, 0.5) is 0 Å². The third-order valence-corrected chi connectivity index (χ3v) is 7.88. The van der Waals surface area contributed by atoms with Crippen molar-refractivity contribution in [1.29, 1.82) is 0 Å². The summed E-state index contributed by atoms with van der Waals surface area (Å²) in [6, 6.07) is 0. The molecule has 0 aromatic carbocycles. The normalized spacial score (nSPS) is 29.7. The van der Waals surface area contributed by atoms with Crippen LogP contribution < -0.4 is 0 Å². The van der Waals surface area contributed by atoms with Crippen molar-refractivity contribution in [2.24, 2.45) is 5.41 Å². The van der Waals surface area contributed by atoms with E-state index in [2.05, 4.69) is 70.2 Å². The van der Waals surface area contributed by atoms with E-state index in [1.54, 1.807) is 47.0 Å². The van der Waals surface area contributed by atoms with Crippen LogP contribution in [0.25, 0.3) is 0 Å². The van der Waals surface area contributed by atoms with Gasteiger partial charge in [-0.05, 0) is 32.8 Å². The predicted molar refractivity (Wildman–Crippen MR) is 102 cm³/mol. The van der Waals surface area contributed by atoms with Crippen LogP contribution in [0.1, 0.15) is 0 Å². The maximum Gasteiger partial charge on any atom is 0.0559 e. The van der Waals surface area contributed by atoms with Crippen LogP contribution >= 0.6 is 47.0 Å². The number of allylic oxidation sites excluding steroid dienone is 10. The highest BCUT2D eigenvalue weighted by atomic mass is 32.2. The molecule has 0 nitrogen and oxygen atoms in total. The minimum atomic E-state index is -0.0448. The lowest BCUT2D eigenvalue weighted by Crippen LogP contribution is -2.12. The molecule has 0 amide bonds. The number of rotatable bonds is 0. The standard InChI is InChI=1S/C17H12S4/c1-5-17(6-2-13(1)15-18-9-10-19-15)7-3-14(4-8-17)16-20-11-12-21-16/h1-12H. The Balaban J connectivity index is 1.57. The molecule has 2 aliphatic carbocycles. The van der Waals surface area contributed by atoms with Gasteiger partial charge >= 0.3 is 0 Å². The molecule has 0 N–H and O–H groups in total. The molecule has 0 saturated heterocycles. The Morgan fingerprint density at radius 2 is 0.857 bits per heavy atom. The lowest BCUT2D eigenvalue weighted by Gasteiger charge is -2.25. The molecule has 0 bridgehead atoms. The second kappa shape index (κ2) is 5.84. The van der Waals surface area contributed by atoms with E-state index in [0.717, 1.165) is 0 Å². The first-order chi connectivity index (χ1) is 10.3. The van der Waals surface area contributed by atoms with Crippen molar-refractivity contribution in [3.63, 3.8) is 0 Å². The van der Waals surface area contributed by atoms with Gasteiger partial charge in [0.2, 0.25) is 0 Å². The number of thioether (sulfide) groups is 4. The minimum Gasteiger partial charge on any atom is -0.0895 e. The first-order valence-electron chi connectivity index (χ1n) is 6.57. The first kappa shape index (κ1) is 13.9. The largest absolute Gasteiger partial charge is 0.0895 e. The average Bonchev–Trinajstić information content (AvgIpc) is 3.23. The fourth-order valence-corrected chi connectivity index (χ4v) is 5.92. The molecule has 0 radical (unpaired) electrons. The molecule has 0 atom stereocenters. The van der Waals surface area contributed by atoms with Gasteiger partial charge in [-0.15, -0.1) is 0 Å². The van der Waals surface area contributed by atoms with E-state index in [1.165, 1.54) is 19.6 Å². The molecular weight excluding hydrogens is 332 g/mol. The van der Waals surface area contributed by atoms with Crippen molar-refractivity contribution in [2.75, 3.05) is 0 Å². The Kier molecular flexibility index (Phi) is 3.88. The fraction of sp³-hybridized carbons (Fsp3) is 0.0588. The van der Waals surface area contributed by atoms with Crippen LogP contribution in [0.5, 0.6) is 0 Å². The van der Waals surface area contributed by atoms with E-state index >= 15 is 0 Å². The second-order valence-corrected chi connectivity index (χ2v) is 9.02. The highest BCUT2D eigenvalue weighted by Gasteiger charge is 2.23. The van der Waals surface area contributed by atoms with Crippen LogP contribution in [-0.2, 0) is 0 Å². The zero-order chi connectivity index (χ0) is 14.1. The average molecular weight is 345 g/mol. The molecule has 2 heterocycles. The topological polar surface area (TPSA) is 0 Å². The first-order valence-corrected chi connectivity index (χ1v) is 10.1. The molecular formula is C17H12S4. The summed E-state index contributed by atoms with van der Waals surface area (Å²) in [7, 11) is 0. The molecule has 0 aromatic heterocycles. The lowest BCUT2D eigenvalue weighted by molar-refractivity contribution is 0.802. The van der Waals surface area contributed by atoms with Crippen molar-refractivity contribution in [2.45, 2.75) is 0 Å². The van der Waals surface area contributed by atoms with Gasteiger partial charge in [-0.25, -0.2) is 0 Å². The van der Waals surface area contributed by atoms with Crippen LogP contribution in [0.2, 0.25) is 0 Å². The van der Waals surface area contributed by atoms with Gasteiger partial charge in [0.1, 0.15) is 0 Å². The Morgan fingerprint density at radius 3 is 1.19 bits per heavy atom. The summed E-state index contributed by atoms with van der Waals surface area (Å²) in [5.74, 6) is 0. The van der Waals surface area contributed by atoms with Gasteiger partial charge in [0.05, 0.1) is 8.47 Å². The molecule has 4 rings (SSSR count). The summed E-state index contributed by atoms with van der Waals surface area (Å²) in [5, 5.41) is 8.57. The number of hydrogen-bond acceptors (Lipinski definition) is 4.